The van der Waals surface area contributed by atoms with Gasteiger partial charge in [-0.05, 0) is 38.5 Å². The van der Waals surface area contributed by atoms with Crippen LogP contribution in [0.1, 0.15) is 31.0 Å². The number of hydrogen-bond acceptors (Lipinski definition) is 6. The van der Waals surface area contributed by atoms with E-state index < -0.39 is 23.7 Å². The van der Waals surface area contributed by atoms with Crippen molar-refractivity contribution in [2.24, 2.45) is 0 Å². The van der Waals surface area contributed by atoms with E-state index in [0.29, 0.717) is 17.2 Å². The summed E-state index contributed by atoms with van der Waals surface area (Å²) in [6.45, 7) is 5.46. The van der Waals surface area contributed by atoms with Crippen LogP contribution in [0.5, 0.6) is 0 Å². The number of aryl methyl sites for hydroxylation is 1. The van der Waals surface area contributed by atoms with Crippen LogP contribution >= 0.6 is 0 Å². The molecular weight excluding hydrogens is 425 g/mol. The third-order valence-electron chi connectivity index (χ3n) is 5.45. The van der Waals surface area contributed by atoms with E-state index in [4.69, 9.17) is 4.74 Å². The van der Waals surface area contributed by atoms with Crippen molar-refractivity contribution in [1.29, 1.82) is 0 Å². The van der Waals surface area contributed by atoms with E-state index in [1.165, 1.54) is 18.5 Å². The maximum absolute atomic E-state index is 14.0. The van der Waals surface area contributed by atoms with Crippen molar-refractivity contribution in [3.8, 4) is 0 Å². The van der Waals surface area contributed by atoms with Crippen LogP contribution in [0.15, 0.2) is 66.1 Å². The largest absolute Gasteiger partial charge is 0.463 e. The van der Waals surface area contributed by atoms with Gasteiger partial charge in [-0.2, -0.15) is 10.1 Å². The number of halogens is 1. The smallest absolute Gasteiger partial charge is 0.338 e. The van der Waals surface area contributed by atoms with Gasteiger partial charge in [-0.25, -0.2) is 13.9 Å². The fraction of sp³-hybridized carbons (Fsp3) is 0.250. The first-order chi connectivity index (χ1) is 15.9. The summed E-state index contributed by atoms with van der Waals surface area (Å²) in [5, 5.41) is 6.92. The molecule has 0 bridgehead atoms. The summed E-state index contributed by atoms with van der Waals surface area (Å²) in [5.41, 5.74) is 2.87. The van der Waals surface area contributed by atoms with Gasteiger partial charge in [-0.3, -0.25) is 4.79 Å². The maximum atomic E-state index is 14.0. The molecule has 9 heteroatoms. The standard InChI is InChI=1S/C24H24FN5O3/c1-4-33-23(32)21-16(3)29(13-20(31)28-19-8-6-5-7-18(19)25)24-26-14-27-30(24)22(21)17-11-9-15(2)10-12-17/h5-12,14,22H,4,13H2,1-3H3,(H,28,31). The van der Waals surface area contributed by atoms with E-state index in [2.05, 4.69) is 15.4 Å². The monoisotopic (exact) mass is 449 g/mol. The molecule has 1 atom stereocenters. The van der Waals surface area contributed by atoms with E-state index in [0.717, 1.165) is 11.1 Å². The number of esters is 1. The van der Waals surface area contributed by atoms with Gasteiger partial charge in [-0.15, -0.1) is 0 Å². The van der Waals surface area contributed by atoms with Crippen LogP contribution in [-0.2, 0) is 14.3 Å². The Morgan fingerprint density at radius 2 is 1.85 bits per heavy atom. The summed E-state index contributed by atoms with van der Waals surface area (Å²) in [7, 11) is 0. The molecule has 0 fully saturated rings. The molecule has 2 heterocycles. The Bertz CT molecular complexity index is 1220. The van der Waals surface area contributed by atoms with Crippen LogP contribution in [0.3, 0.4) is 0 Å². The second-order valence-corrected chi connectivity index (χ2v) is 7.65. The van der Waals surface area contributed by atoms with Crippen molar-refractivity contribution in [3.05, 3.63) is 83.1 Å². The fourth-order valence-corrected chi connectivity index (χ4v) is 3.84. The minimum Gasteiger partial charge on any atom is -0.463 e. The Morgan fingerprint density at radius 3 is 2.55 bits per heavy atom. The zero-order valence-corrected chi connectivity index (χ0v) is 18.6. The van der Waals surface area contributed by atoms with E-state index >= 15 is 0 Å². The molecule has 4 rings (SSSR count). The van der Waals surface area contributed by atoms with E-state index in [-0.39, 0.29) is 18.8 Å². The molecule has 0 spiro atoms. The molecule has 8 nitrogen and oxygen atoms in total. The molecule has 1 unspecified atom stereocenters. The van der Waals surface area contributed by atoms with Crippen molar-refractivity contribution >= 4 is 23.5 Å². The molecular formula is C24H24FN5O3. The highest BCUT2D eigenvalue weighted by Crippen LogP contribution is 2.38. The molecule has 1 N–H and O–H groups in total. The molecule has 3 aromatic rings. The van der Waals surface area contributed by atoms with Gasteiger partial charge >= 0.3 is 5.97 Å². The summed E-state index contributed by atoms with van der Waals surface area (Å²) in [5.74, 6) is -1.10. The first-order valence-electron chi connectivity index (χ1n) is 10.6. The van der Waals surface area contributed by atoms with Crippen molar-refractivity contribution < 1.29 is 18.7 Å². The number of rotatable bonds is 6. The number of aromatic nitrogens is 3. The van der Waals surface area contributed by atoms with Gasteiger partial charge in [0, 0.05) is 5.70 Å². The molecule has 33 heavy (non-hydrogen) atoms. The summed E-state index contributed by atoms with van der Waals surface area (Å²) in [6.07, 6.45) is 1.37. The number of ether oxygens (including phenoxy) is 1. The Hall–Kier alpha value is -4.01. The van der Waals surface area contributed by atoms with Crippen molar-refractivity contribution in [2.45, 2.75) is 26.8 Å². The molecule has 1 aromatic heterocycles. The summed E-state index contributed by atoms with van der Waals surface area (Å²) < 4.78 is 20.9. The molecule has 0 radical (unpaired) electrons. The number of carbonyl (C=O) groups excluding carboxylic acids is 2. The molecule has 2 aromatic carbocycles. The molecule has 170 valence electrons. The average molecular weight is 449 g/mol. The number of amides is 1. The highest BCUT2D eigenvalue weighted by molar-refractivity contribution is 5.96. The number of hydrogen-bond donors (Lipinski definition) is 1. The maximum Gasteiger partial charge on any atom is 0.338 e. The zero-order valence-electron chi connectivity index (χ0n) is 18.6. The van der Waals surface area contributed by atoms with Gasteiger partial charge in [-0.1, -0.05) is 42.0 Å². The summed E-state index contributed by atoms with van der Waals surface area (Å²) >= 11 is 0. The minimum absolute atomic E-state index is 0.0748. The van der Waals surface area contributed by atoms with Crippen LogP contribution < -0.4 is 10.2 Å². The van der Waals surface area contributed by atoms with Gasteiger partial charge in [0.05, 0.1) is 17.9 Å². The van der Waals surface area contributed by atoms with Crippen LogP contribution in [-0.4, -0.2) is 39.8 Å². The predicted molar refractivity (Wildman–Crippen MR) is 121 cm³/mol. The predicted octanol–water partition coefficient (Wildman–Crippen LogP) is 3.61. The van der Waals surface area contributed by atoms with Gasteiger partial charge in [0.25, 0.3) is 0 Å². The number of para-hydroxylation sites is 1. The van der Waals surface area contributed by atoms with E-state index in [1.807, 2.05) is 31.2 Å². The summed E-state index contributed by atoms with van der Waals surface area (Å²) in [6, 6.07) is 13.1. The second-order valence-electron chi connectivity index (χ2n) is 7.65. The Morgan fingerprint density at radius 1 is 1.12 bits per heavy atom. The molecule has 1 amide bonds. The highest BCUT2D eigenvalue weighted by Gasteiger charge is 2.38. The molecule has 1 aliphatic heterocycles. The summed E-state index contributed by atoms with van der Waals surface area (Å²) in [4.78, 5) is 31.7. The molecule has 1 aliphatic rings. The number of fused-ring (bicyclic) bond motifs is 1. The van der Waals surface area contributed by atoms with Crippen LogP contribution in [0, 0.1) is 12.7 Å². The number of anilines is 2. The fourth-order valence-electron chi connectivity index (χ4n) is 3.84. The topological polar surface area (TPSA) is 89.3 Å². The van der Waals surface area contributed by atoms with Crippen LogP contribution in [0.2, 0.25) is 0 Å². The van der Waals surface area contributed by atoms with Crippen molar-refractivity contribution in [1.82, 2.24) is 14.8 Å². The van der Waals surface area contributed by atoms with E-state index in [1.54, 1.807) is 35.6 Å². The first-order valence-corrected chi connectivity index (χ1v) is 10.6. The Labute approximate surface area is 190 Å². The third kappa shape index (κ3) is 4.34. The normalized spacial score (nSPS) is 15.3. The second kappa shape index (κ2) is 9.23. The first kappa shape index (κ1) is 22.2. The van der Waals surface area contributed by atoms with Crippen molar-refractivity contribution in [3.63, 3.8) is 0 Å². The van der Waals surface area contributed by atoms with Gasteiger partial charge < -0.3 is 15.0 Å². The molecule has 0 aliphatic carbocycles. The average Bonchev–Trinajstić information content (AvgIpc) is 3.27. The molecule has 0 saturated carbocycles. The lowest BCUT2D eigenvalue weighted by Crippen LogP contribution is -2.41. The zero-order chi connectivity index (χ0) is 23.5. The minimum atomic E-state index is -0.562. The van der Waals surface area contributed by atoms with E-state index in [9.17, 15) is 14.0 Å². The Balaban J connectivity index is 1.74. The number of carbonyl (C=O) groups is 2. The third-order valence-corrected chi connectivity index (χ3v) is 5.45. The lowest BCUT2D eigenvalue weighted by molar-refractivity contribution is -0.139. The van der Waals surface area contributed by atoms with Crippen LogP contribution in [0.4, 0.5) is 16.0 Å². The molecule has 0 saturated heterocycles. The van der Waals surface area contributed by atoms with Crippen LogP contribution in [0.25, 0.3) is 0 Å². The SMILES string of the molecule is CCOC(=O)C1=C(C)N(CC(=O)Nc2ccccc2F)c2ncnn2C1c1ccc(C)cc1. The number of nitrogens with one attached hydrogen (secondary N) is 1. The lowest BCUT2D eigenvalue weighted by atomic mass is 9.94. The van der Waals surface area contributed by atoms with Gasteiger partial charge in [0.1, 0.15) is 24.7 Å². The Kier molecular flexibility index (Phi) is 6.21. The van der Waals surface area contributed by atoms with Gasteiger partial charge in [0.15, 0.2) is 0 Å². The number of nitrogens with zero attached hydrogens (tertiary/aromatic N) is 4. The number of allylic oxidation sites excluding steroid dienone is 1. The van der Waals surface area contributed by atoms with Gasteiger partial charge in [0.2, 0.25) is 11.9 Å². The highest BCUT2D eigenvalue weighted by atomic mass is 19.1. The van der Waals surface area contributed by atoms with Crippen molar-refractivity contribution in [2.75, 3.05) is 23.4 Å². The lowest BCUT2D eigenvalue weighted by Gasteiger charge is -2.35. The quantitative estimate of drug-likeness (QED) is 0.579. The number of benzene rings is 2.